The van der Waals surface area contributed by atoms with Gasteiger partial charge >= 0.3 is 0 Å². The second-order valence-corrected chi connectivity index (χ2v) is 7.51. The van der Waals surface area contributed by atoms with Gasteiger partial charge in [-0.3, -0.25) is 4.40 Å². The molecular formula is C21H21N3S. The van der Waals surface area contributed by atoms with Crippen molar-refractivity contribution in [2.45, 2.75) is 26.3 Å². The largest absolute Gasteiger partial charge is 0.325 e. The van der Waals surface area contributed by atoms with E-state index in [0.29, 0.717) is 12.5 Å². The first-order valence-corrected chi connectivity index (χ1v) is 9.35. The molecule has 2 N–H and O–H groups in total. The van der Waals surface area contributed by atoms with Gasteiger partial charge in [0.2, 0.25) is 0 Å². The van der Waals surface area contributed by atoms with Gasteiger partial charge in [0.25, 0.3) is 0 Å². The van der Waals surface area contributed by atoms with Crippen molar-refractivity contribution >= 4 is 16.3 Å². The van der Waals surface area contributed by atoms with Crippen molar-refractivity contribution in [1.82, 2.24) is 9.38 Å². The zero-order valence-electron chi connectivity index (χ0n) is 14.4. The summed E-state index contributed by atoms with van der Waals surface area (Å²) < 4.78 is 2.14. The van der Waals surface area contributed by atoms with E-state index in [1.165, 1.54) is 16.0 Å². The molecule has 126 valence electrons. The quantitative estimate of drug-likeness (QED) is 0.543. The highest BCUT2D eigenvalue weighted by atomic mass is 32.1. The van der Waals surface area contributed by atoms with Crippen molar-refractivity contribution in [3.63, 3.8) is 0 Å². The van der Waals surface area contributed by atoms with Gasteiger partial charge in [0.15, 0.2) is 4.96 Å². The van der Waals surface area contributed by atoms with E-state index in [1.807, 2.05) is 6.07 Å². The Kier molecular flexibility index (Phi) is 4.15. The average molecular weight is 347 g/mol. The maximum Gasteiger partial charge on any atom is 0.195 e. The molecule has 0 spiro atoms. The molecular weight excluding hydrogens is 326 g/mol. The van der Waals surface area contributed by atoms with E-state index in [1.54, 1.807) is 11.3 Å². The summed E-state index contributed by atoms with van der Waals surface area (Å²) in [6, 6.07) is 19.1. The van der Waals surface area contributed by atoms with Crippen LogP contribution in [0.2, 0.25) is 0 Å². The molecule has 0 bridgehead atoms. The van der Waals surface area contributed by atoms with Crippen molar-refractivity contribution < 1.29 is 0 Å². The van der Waals surface area contributed by atoms with Gasteiger partial charge in [-0.2, -0.15) is 0 Å². The molecule has 0 fully saturated rings. The Morgan fingerprint density at radius 2 is 1.72 bits per heavy atom. The highest BCUT2D eigenvalue weighted by molar-refractivity contribution is 7.20. The van der Waals surface area contributed by atoms with Crippen LogP contribution in [-0.4, -0.2) is 9.38 Å². The predicted octanol–water partition coefficient (Wildman–Crippen LogP) is 5.31. The molecule has 25 heavy (non-hydrogen) atoms. The van der Waals surface area contributed by atoms with Gasteiger partial charge in [-0.25, -0.2) is 4.98 Å². The molecule has 0 aliphatic rings. The fourth-order valence-electron chi connectivity index (χ4n) is 3.08. The van der Waals surface area contributed by atoms with Gasteiger partial charge in [0, 0.05) is 18.3 Å². The summed E-state index contributed by atoms with van der Waals surface area (Å²) >= 11 is 1.70. The molecule has 4 heteroatoms. The minimum Gasteiger partial charge on any atom is -0.325 e. The number of fused-ring (bicyclic) bond motifs is 1. The van der Waals surface area contributed by atoms with Gasteiger partial charge in [0.05, 0.1) is 16.3 Å². The Hall–Kier alpha value is -2.43. The predicted molar refractivity (Wildman–Crippen MR) is 106 cm³/mol. The van der Waals surface area contributed by atoms with Crippen molar-refractivity contribution in [1.29, 1.82) is 0 Å². The SMILES string of the molecule is CC(C)c1ccc(-c2nc3sc(-c4ccccc4)cn3c2CN)cc1. The van der Waals surface area contributed by atoms with E-state index in [4.69, 9.17) is 10.7 Å². The lowest BCUT2D eigenvalue weighted by Gasteiger charge is -2.07. The third-order valence-corrected chi connectivity index (χ3v) is 5.56. The van der Waals surface area contributed by atoms with E-state index in [0.717, 1.165) is 21.9 Å². The van der Waals surface area contributed by atoms with Crippen LogP contribution < -0.4 is 5.73 Å². The van der Waals surface area contributed by atoms with Crippen molar-refractivity contribution in [2.24, 2.45) is 5.73 Å². The number of benzene rings is 2. The summed E-state index contributed by atoms with van der Waals surface area (Å²) in [5.41, 5.74) is 11.8. The number of hydrogen-bond acceptors (Lipinski definition) is 3. The molecule has 2 aromatic carbocycles. The standard InChI is InChI=1S/C21H21N3S/c1-14(2)15-8-10-17(11-9-15)20-18(12-22)24-13-19(25-21(24)23-20)16-6-4-3-5-7-16/h3-11,13-14H,12,22H2,1-2H3. The number of hydrogen-bond donors (Lipinski definition) is 1. The topological polar surface area (TPSA) is 43.3 Å². The molecule has 0 unspecified atom stereocenters. The van der Waals surface area contributed by atoms with E-state index < -0.39 is 0 Å². The van der Waals surface area contributed by atoms with Crippen LogP contribution in [0.3, 0.4) is 0 Å². The third-order valence-electron chi connectivity index (χ3n) is 4.53. The van der Waals surface area contributed by atoms with Crippen LogP contribution in [0.1, 0.15) is 31.0 Å². The first-order chi connectivity index (χ1) is 12.2. The first-order valence-electron chi connectivity index (χ1n) is 8.54. The normalized spacial score (nSPS) is 11.5. The lowest BCUT2D eigenvalue weighted by atomic mass is 10.0. The summed E-state index contributed by atoms with van der Waals surface area (Å²) in [6.45, 7) is 4.88. The highest BCUT2D eigenvalue weighted by Gasteiger charge is 2.16. The van der Waals surface area contributed by atoms with Crippen LogP contribution in [-0.2, 0) is 6.54 Å². The van der Waals surface area contributed by atoms with Gasteiger partial charge in [-0.15, -0.1) is 0 Å². The number of imidazole rings is 1. The fourth-order valence-corrected chi connectivity index (χ4v) is 4.09. The Morgan fingerprint density at radius 3 is 2.36 bits per heavy atom. The van der Waals surface area contributed by atoms with E-state index in [9.17, 15) is 0 Å². The monoisotopic (exact) mass is 347 g/mol. The molecule has 0 saturated carbocycles. The number of rotatable bonds is 4. The summed E-state index contributed by atoms with van der Waals surface area (Å²) in [6.07, 6.45) is 2.15. The van der Waals surface area contributed by atoms with Crippen LogP contribution in [0, 0.1) is 0 Å². The number of nitrogens with two attached hydrogens (primary N) is 1. The Labute approximate surface area is 151 Å². The lowest BCUT2D eigenvalue weighted by molar-refractivity contribution is 0.867. The van der Waals surface area contributed by atoms with Crippen LogP contribution in [0.15, 0.2) is 60.8 Å². The lowest BCUT2D eigenvalue weighted by Crippen LogP contribution is -2.01. The summed E-state index contributed by atoms with van der Waals surface area (Å²) in [4.78, 5) is 7.07. The Bertz CT molecular complexity index is 995. The second-order valence-electron chi connectivity index (χ2n) is 6.50. The van der Waals surface area contributed by atoms with E-state index in [2.05, 4.69) is 73.0 Å². The smallest absolute Gasteiger partial charge is 0.195 e. The fraction of sp³-hybridized carbons (Fsp3) is 0.190. The highest BCUT2D eigenvalue weighted by Crippen LogP contribution is 2.33. The van der Waals surface area contributed by atoms with Gasteiger partial charge in [-0.1, -0.05) is 79.8 Å². The second kappa shape index (κ2) is 6.47. The van der Waals surface area contributed by atoms with E-state index >= 15 is 0 Å². The zero-order valence-corrected chi connectivity index (χ0v) is 15.3. The molecule has 0 radical (unpaired) electrons. The molecule has 0 amide bonds. The summed E-state index contributed by atoms with van der Waals surface area (Å²) in [5, 5.41) is 0. The molecule has 0 aliphatic heterocycles. The van der Waals surface area contributed by atoms with E-state index in [-0.39, 0.29) is 0 Å². The maximum atomic E-state index is 6.07. The summed E-state index contributed by atoms with van der Waals surface area (Å²) in [7, 11) is 0. The average Bonchev–Trinajstić information content (AvgIpc) is 3.20. The molecule has 0 atom stereocenters. The van der Waals surface area contributed by atoms with Crippen molar-refractivity contribution in [2.75, 3.05) is 0 Å². The van der Waals surface area contributed by atoms with Crippen LogP contribution >= 0.6 is 11.3 Å². The molecule has 0 saturated heterocycles. The van der Waals surface area contributed by atoms with Crippen LogP contribution in [0.5, 0.6) is 0 Å². The number of nitrogens with zero attached hydrogens (tertiary/aromatic N) is 2. The van der Waals surface area contributed by atoms with Gasteiger partial charge in [-0.05, 0) is 17.0 Å². The van der Waals surface area contributed by atoms with Crippen molar-refractivity contribution in [3.8, 4) is 21.7 Å². The molecule has 3 nitrogen and oxygen atoms in total. The zero-order chi connectivity index (χ0) is 17.4. The third kappa shape index (κ3) is 2.88. The van der Waals surface area contributed by atoms with Gasteiger partial charge < -0.3 is 5.73 Å². The number of thiazole rings is 1. The van der Waals surface area contributed by atoms with Crippen LogP contribution in [0.25, 0.3) is 26.7 Å². The molecule has 0 aliphatic carbocycles. The van der Waals surface area contributed by atoms with Crippen LogP contribution in [0.4, 0.5) is 0 Å². The number of aromatic nitrogens is 2. The molecule has 2 aromatic heterocycles. The molecule has 4 rings (SSSR count). The van der Waals surface area contributed by atoms with Gasteiger partial charge in [0.1, 0.15) is 0 Å². The summed E-state index contributed by atoms with van der Waals surface area (Å²) in [5.74, 6) is 0.530. The minimum absolute atomic E-state index is 0.466. The molecule has 2 heterocycles. The molecule has 4 aromatic rings. The Balaban J connectivity index is 1.79. The minimum atomic E-state index is 0.466. The maximum absolute atomic E-state index is 6.07. The van der Waals surface area contributed by atoms with Crippen molar-refractivity contribution in [3.05, 3.63) is 72.1 Å². The first kappa shape index (κ1) is 16.1. The Morgan fingerprint density at radius 1 is 1.00 bits per heavy atom.